The molecule has 1 aromatic rings. The third-order valence-corrected chi connectivity index (χ3v) is 3.38. The molecule has 1 aliphatic heterocycles. The van der Waals surface area contributed by atoms with Gasteiger partial charge in [0.05, 0.1) is 12.2 Å². The smallest absolute Gasteiger partial charge is 0.335 e. The van der Waals surface area contributed by atoms with Crippen molar-refractivity contribution < 1.29 is 35.1 Å². The van der Waals surface area contributed by atoms with Gasteiger partial charge < -0.3 is 30.3 Å². The van der Waals surface area contributed by atoms with E-state index in [1.54, 1.807) is 0 Å². The van der Waals surface area contributed by atoms with Gasteiger partial charge in [-0.3, -0.25) is 0 Å². The fourth-order valence-corrected chi connectivity index (χ4v) is 2.19. The maximum Gasteiger partial charge on any atom is 0.335 e. The van der Waals surface area contributed by atoms with Crippen LogP contribution in [0.1, 0.15) is 22.0 Å². The Bertz CT molecular complexity index is 470. The van der Waals surface area contributed by atoms with E-state index in [1.165, 1.54) is 24.3 Å². The molecule has 0 spiro atoms. The second kappa shape index (κ2) is 5.86. The van der Waals surface area contributed by atoms with Crippen LogP contribution in [0.3, 0.4) is 0 Å². The average Bonchev–Trinajstić information content (AvgIpc) is 2.45. The molecule has 1 heterocycles. The van der Waals surface area contributed by atoms with Gasteiger partial charge in [0.2, 0.25) is 0 Å². The predicted molar refractivity (Wildman–Crippen MR) is 66.1 cm³/mol. The Kier molecular flexibility index (Phi) is 4.36. The van der Waals surface area contributed by atoms with E-state index in [1.807, 2.05) is 0 Å². The molecule has 7 nitrogen and oxygen atoms in total. The maximum absolute atomic E-state index is 10.8. The summed E-state index contributed by atoms with van der Waals surface area (Å²) in [4.78, 5) is 10.8. The van der Waals surface area contributed by atoms with Gasteiger partial charge in [-0.15, -0.1) is 0 Å². The third kappa shape index (κ3) is 2.67. The van der Waals surface area contributed by atoms with Gasteiger partial charge in [-0.25, -0.2) is 4.79 Å². The molecule has 0 bridgehead atoms. The zero-order valence-electron chi connectivity index (χ0n) is 10.5. The number of rotatable bonds is 3. The highest BCUT2D eigenvalue weighted by Crippen LogP contribution is 2.32. The van der Waals surface area contributed by atoms with E-state index < -0.39 is 43.1 Å². The number of hydrogen-bond acceptors (Lipinski definition) is 6. The molecule has 1 aromatic carbocycles. The van der Waals surface area contributed by atoms with Crippen molar-refractivity contribution in [2.24, 2.45) is 0 Å². The lowest BCUT2D eigenvalue weighted by atomic mass is 9.91. The Morgan fingerprint density at radius 1 is 1.05 bits per heavy atom. The number of hydrogen-bond donors (Lipinski definition) is 5. The van der Waals surface area contributed by atoms with Crippen molar-refractivity contribution in [3.8, 4) is 0 Å². The molecular weight excluding hydrogens is 268 g/mol. The molecule has 2 rings (SSSR count). The summed E-state index contributed by atoms with van der Waals surface area (Å²) in [6, 6.07) is 5.60. The van der Waals surface area contributed by atoms with E-state index in [-0.39, 0.29) is 5.56 Å². The van der Waals surface area contributed by atoms with E-state index in [9.17, 15) is 20.1 Å². The Morgan fingerprint density at radius 2 is 1.65 bits per heavy atom. The minimum absolute atomic E-state index is 0.0818. The van der Waals surface area contributed by atoms with E-state index in [0.717, 1.165) is 0 Å². The van der Waals surface area contributed by atoms with E-state index in [0.29, 0.717) is 5.56 Å². The lowest BCUT2D eigenvalue weighted by molar-refractivity contribution is -0.231. The SMILES string of the molecule is O=C(O)c1ccc([C@@H]2O[C@H](CO)[C@@H](O)[C@H](O)[C@H]2O)cc1. The van der Waals surface area contributed by atoms with Crippen LogP contribution >= 0.6 is 0 Å². The molecule has 0 radical (unpaired) electrons. The van der Waals surface area contributed by atoms with Gasteiger partial charge in [0, 0.05) is 0 Å². The molecule has 0 saturated carbocycles. The Labute approximate surface area is 114 Å². The second-order valence-electron chi connectivity index (χ2n) is 4.68. The van der Waals surface area contributed by atoms with E-state index >= 15 is 0 Å². The lowest BCUT2D eigenvalue weighted by Crippen LogP contribution is -2.55. The minimum atomic E-state index is -1.45. The van der Waals surface area contributed by atoms with Crippen LogP contribution in [-0.2, 0) is 4.74 Å². The number of benzene rings is 1. The Balaban J connectivity index is 2.24. The van der Waals surface area contributed by atoms with Gasteiger partial charge >= 0.3 is 5.97 Å². The fourth-order valence-electron chi connectivity index (χ4n) is 2.19. The molecule has 5 N–H and O–H groups in total. The molecule has 5 atom stereocenters. The molecular formula is C13H16O7. The van der Waals surface area contributed by atoms with Crippen LogP contribution in [0, 0.1) is 0 Å². The molecule has 1 saturated heterocycles. The van der Waals surface area contributed by atoms with Crippen LogP contribution in [0.15, 0.2) is 24.3 Å². The fraction of sp³-hybridized carbons (Fsp3) is 0.462. The quantitative estimate of drug-likeness (QED) is 0.476. The first kappa shape index (κ1) is 14.9. The molecule has 0 unspecified atom stereocenters. The predicted octanol–water partition coefficient (Wildman–Crippen LogP) is -1.10. The molecule has 0 aliphatic carbocycles. The number of carbonyl (C=O) groups is 1. The average molecular weight is 284 g/mol. The standard InChI is InChI=1S/C13H16O7/c14-5-8-9(15)10(16)11(17)12(20-8)6-1-3-7(4-2-6)13(18)19/h1-4,8-12,14-17H,5H2,(H,18,19)/t8-,9-,10+,11-,12+/m1/s1. The van der Waals surface area contributed by atoms with Crippen molar-refractivity contribution >= 4 is 5.97 Å². The summed E-state index contributed by atoms with van der Waals surface area (Å²) in [7, 11) is 0. The first-order valence-electron chi connectivity index (χ1n) is 6.09. The summed E-state index contributed by atoms with van der Waals surface area (Å²) in [6.45, 7) is -0.505. The molecule has 110 valence electrons. The number of aliphatic hydroxyl groups excluding tert-OH is 4. The monoisotopic (exact) mass is 284 g/mol. The largest absolute Gasteiger partial charge is 0.478 e. The van der Waals surface area contributed by atoms with E-state index in [4.69, 9.17) is 14.9 Å². The number of carboxylic acids is 1. The molecule has 0 aromatic heterocycles. The Hall–Kier alpha value is -1.51. The lowest BCUT2D eigenvalue weighted by Gasteiger charge is -2.40. The van der Waals surface area contributed by atoms with Crippen molar-refractivity contribution in [1.29, 1.82) is 0 Å². The van der Waals surface area contributed by atoms with Crippen LogP contribution < -0.4 is 0 Å². The zero-order valence-corrected chi connectivity index (χ0v) is 10.5. The number of ether oxygens (including phenoxy) is 1. The molecule has 0 amide bonds. The summed E-state index contributed by atoms with van der Waals surface area (Å²) in [6.07, 6.45) is -6.18. The van der Waals surface area contributed by atoms with Crippen LogP contribution in [0.4, 0.5) is 0 Å². The maximum atomic E-state index is 10.8. The van der Waals surface area contributed by atoms with Gasteiger partial charge in [0.25, 0.3) is 0 Å². The van der Waals surface area contributed by atoms with Crippen molar-refractivity contribution in [1.82, 2.24) is 0 Å². The van der Waals surface area contributed by atoms with Crippen LogP contribution in [0.2, 0.25) is 0 Å². The molecule has 1 aliphatic rings. The van der Waals surface area contributed by atoms with Crippen molar-refractivity contribution in [3.63, 3.8) is 0 Å². The Morgan fingerprint density at radius 3 is 2.15 bits per heavy atom. The summed E-state index contributed by atoms with van der Waals surface area (Å²) in [5.74, 6) is -1.08. The van der Waals surface area contributed by atoms with Crippen molar-refractivity contribution in [2.75, 3.05) is 6.61 Å². The van der Waals surface area contributed by atoms with Gasteiger partial charge in [-0.2, -0.15) is 0 Å². The van der Waals surface area contributed by atoms with Crippen LogP contribution in [-0.4, -0.2) is 62.5 Å². The second-order valence-corrected chi connectivity index (χ2v) is 4.68. The number of aliphatic hydroxyl groups is 4. The van der Waals surface area contributed by atoms with Gasteiger partial charge in [0.15, 0.2) is 0 Å². The van der Waals surface area contributed by atoms with Crippen molar-refractivity contribution in [2.45, 2.75) is 30.5 Å². The summed E-state index contributed by atoms with van der Waals surface area (Å²) >= 11 is 0. The third-order valence-electron chi connectivity index (χ3n) is 3.38. The molecule has 1 fully saturated rings. The van der Waals surface area contributed by atoms with Crippen molar-refractivity contribution in [3.05, 3.63) is 35.4 Å². The topological polar surface area (TPSA) is 127 Å². The van der Waals surface area contributed by atoms with Gasteiger partial charge in [-0.1, -0.05) is 12.1 Å². The molecule has 7 heteroatoms. The normalized spacial score (nSPS) is 33.9. The molecule has 20 heavy (non-hydrogen) atoms. The number of carboxylic acid groups (broad SMARTS) is 1. The minimum Gasteiger partial charge on any atom is -0.478 e. The highest BCUT2D eigenvalue weighted by molar-refractivity contribution is 5.87. The summed E-state index contributed by atoms with van der Waals surface area (Å²) in [5.41, 5.74) is 0.533. The first-order chi connectivity index (χ1) is 9.45. The summed E-state index contributed by atoms with van der Waals surface area (Å²) in [5, 5.41) is 47.2. The first-order valence-corrected chi connectivity index (χ1v) is 6.09. The van der Waals surface area contributed by atoms with Crippen LogP contribution in [0.25, 0.3) is 0 Å². The highest BCUT2D eigenvalue weighted by atomic mass is 16.5. The van der Waals surface area contributed by atoms with Gasteiger partial charge in [-0.05, 0) is 17.7 Å². The highest BCUT2D eigenvalue weighted by Gasteiger charge is 2.43. The summed E-state index contributed by atoms with van der Waals surface area (Å²) < 4.78 is 5.36. The van der Waals surface area contributed by atoms with Crippen LogP contribution in [0.5, 0.6) is 0 Å². The van der Waals surface area contributed by atoms with Gasteiger partial charge in [0.1, 0.15) is 30.5 Å². The number of aromatic carboxylic acids is 1. The van der Waals surface area contributed by atoms with E-state index in [2.05, 4.69) is 0 Å². The zero-order chi connectivity index (χ0) is 14.9.